The van der Waals surface area contributed by atoms with Crippen molar-refractivity contribution >= 4 is 0 Å². The van der Waals surface area contributed by atoms with Crippen LogP contribution in [0.15, 0.2) is 18.2 Å². The van der Waals surface area contributed by atoms with Crippen LogP contribution in [0.3, 0.4) is 0 Å². The summed E-state index contributed by atoms with van der Waals surface area (Å²) in [6.45, 7) is 11.8. The molecule has 2 nitrogen and oxygen atoms in total. The van der Waals surface area contributed by atoms with Gasteiger partial charge in [0, 0.05) is 11.6 Å². The van der Waals surface area contributed by atoms with E-state index in [0.29, 0.717) is 12.1 Å². The molecule has 0 amide bonds. The molecular weight excluding hydrogens is 210 g/mol. The Morgan fingerprint density at radius 1 is 1.29 bits per heavy atom. The Hall–Kier alpha value is -1.02. The van der Waals surface area contributed by atoms with E-state index in [-0.39, 0.29) is 5.41 Å². The van der Waals surface area contributed by atoms with E-state index in [1.807, 2.05) is 0 Å². The van der Waals surface area contributed by atoms with Crippen LogP contribution in [0.2, 0.25) is 0 Å². The Kier molecular flexibility index (Phi) is 3.17. The summed E-state index contributed by atoms with van der Waals surface area (Å²) in [5.41, 5.74) is 2.88. The van der Waals surface area contributed by atoms with Crippen molar-refractivity contribution in [3.05, 3.63) is 29.3 Å². The van der Waals surface area contributed by atoms with Crippen LogP contribution in [0.5, 0.6) is 5.75 Å². The maximum atomic E-state index is 5.72. The number of benzene rings is 1. The molecule has 0 saturated heterocycles. The van der Waals surface area contributed by atoms with Gasteiger partial charge >= 0.3 is 0 Å². The minimum atomic E-state index is 0.194. The third-order valence-corrected chi connectivity index (χ3v) is 3.19. The normalized spacial score (nSPS) is 19.3. The van der Waals surface area contributed by atoms with Crippen LogP contribution < -0.4 is 10.1 Å². The van der Waals surface area contributed by atoms with Gasteiger partial charge in [-0.3, -0.25) is 0 Å². The minimum absolute atomic E-state index is 0.194. The van der Waals surface area contributed by atoms with Gasteiger partial charge in [0.05, 0.1) is 6.04 Å². The van der Waals surface area contributed by atoms with Gasteiger partial charge in [0.15, 0.2) is 0 Å². The van der Waals surface area contributed by atoms with E-state index in [1.54, 1.807) is 0 Å². The summed E-state index contributed by atoms with van der Waals surface area (Å²) in [5.74, 6) is 1.04. The Morgan fingerprint density at radius 3 is 2.59 bits per heavy atom. The molecule has 1 aromatic carbocycles. The Morgan fingerprint density at radius 2 is 2.00 bits per heavy atom. The highest BCUT2D eigenvalue weighted by atomic mass is 16.5. The molecule has 0 radical (unpaired) electrons. The van der Waals surface area contributed by atoms with Gasteiger partial charge in [0.2, 0.25) is 0 Å². The predicted octanol–water partition coefficient (Wildman–Crippen LogP) is 3.42. The second-order valence-electron chi connectivity index (χ2n) is 6.19. The van der Waals surface area contributed by atoms with Gasteiger partial charge in [-0.1, -0.05) is 40.7 Å². The van der Waals surface area contributed by atoms with Crippen LogP contribution in [-0.4, -0.2) is 12.6 Å². The summed E-state index contributed by atoms with van der Waals surface area (Å²) in [4.78, 5) is 0. The van der Waals surface area contributed by atoms with Crippen LogP contribution in [0.1, 0.15) is 51.8 Å². The standard InChI is InChI=1S/C15H23NO/c1-10(2)16-13-9-17-14-7-6-11(8-12(13)14)15(3,4)5/h6-8,10,13,16H,9H2,1-5H3. The molecule has 2 rings (SSSR count). The molecule has 2 heteroatoms. The smallest absolute Gasteiger partial charge is 0.124 e. The molecule has 94 valence electrons. The minimum Gasteiger partial charge on any atom is -0.491 e. The van der Waals surface area contributed by atoms with Gasteiger partial charge in [-0.15, -0.1) is 0 Å². The quantitative estimate of drug-likeness (QED) is 0.845. The van der Waals surface area contributed by atoms with Gasteiger partial charge in [0.1, 0.15) is 12.4 Å². The third kappa shape index (κ3) is 2.63. The molecule has 1 atom stereocenters. The van der Waals surface area contributed by atoms with Crippen molar-refractivity contribution in [3.63, 3.8) is 0 Å². The van der Waals surface area contributed by atoms with E-state index in [2.05, 4.69) is 58.1 Å². The molecule has 17 heavy (non-hydrogen) atoms. The second-order valence-corrected chi connectivity index (χ2v) is 6.19. The van der Waals surface area contributed by atoms with Crippen LogP contribution in [0.25, 0.3) is 0 Å². The topological polar surface area (TPSA) is 21.3 Å². The lowest BCUT2D eigenvalue weighted by Gasteiger charge is -2.21. The molecule has 1 aliphatic rings. The van der Waals surface area contributed by atoms with Gasteiger partial charge in [-0.25, -0.2) is 0 Å². The fourth-order valence-corrected chi connectivity index (χ4v) is 2.22. The number of hydrogen-bond donors (Lipinski definition) is 1. The van der Waals surface area contributed by atoms with Crippen LogP contribution in [0.4, 0.5) is 0 Å². The van der Waals surface area contributed by atoms with E-state index in [9.17, 15) is 0 Å². The first-order valence-corrected chi connectivity index (χ1v) is 6.41. The van der Waals surface area contributed by atoms with Crippen molar-refractivity contribution in [2.24, 2.45) is 0 Å². The van der Waals surface area contributed by atoms with Crippen molar-refractivity contribution in [1.29, 1.82) is 0 Å². The molecule has 0 bridgehead atoms. The molecular formula is C15H23NO. The fraction of sp³-hybridized carbons (Fsp3) is 0.600. The molecule has 0 saturated carbocycles. The Labute approximate surface area is 104 Å². The van der Waals surface area contributed by atoms with Crippen molar-refractivity contribution in [3.8, 4) is 5.75 Å². The molecule has 1 heterocycles. The highest BCUT2D eigenvalue weighted by molar-refractivity contribution is 5.44. The van der Waals surface area contributed by atoms with Crippen LogP contribution in [-0.2, 0) is 5.41 Å². The first-order chi connectivity index (χ1) is 7.88. The van der Waals surface area contributed by atoms with Gasteiger partial charge in [-0.2, -0.15) is 0 Å². The Bertz CT molecular complexity index is 404. The number of rotatable bonds is 2. The molecule has 1 aromatic rings. The summed E-state index contributed by atoms with van der Waals surface area (Å²) in [7, 11) is 0. The van der Waals surface area contributed by atoms with Crippen LogP contribution >= 0.6 is 0 Å². The van der Waals surface area contributed by atoms with Crippen molar-refractivity contribution in [2.75, 3.05) is 6.61 Å². The van der Waals surface area contributed by atoms with Crippen LogP contribution in [0, 0.1) is 0 Å². The number of ether oxygens (including phenoxy) is 1. The fourth-order valence-electron chi connectivity index (χ4n) is 2.22. The molecule has 1 aliphatic heterocycles. The maximum absolute atomic E-state index is 5.72. The monoisotopic (exact) mass is 233 g/mol. The average molecular weight is 233 g/mol. The van der Waals surface area contributed by atoms with Crippen molar-refractivity contribution in [2.45, 2.75) is 52.1 Å². The third-order valence-electron chi connectivity index (χ3n) is 3.19. The second kappa shape index (κ2) is 4.34. The van der Waals surface area contributed by atoms with E-state index < -0.39 is 0 Å². The average Bonchev–Trinajstić information content (AvgIpc) is 2.59. The van der Waals surface area contributed by atoms with Crippen molar-refractivity contribution in [1.82, 2.24) is 5.32 Å². The van der Waals surface area contributed by atoms with E-state index in [1.165, 1.54) is 11.1 Å². The molecule has 0 spiro atoms. The number of hydrogen-bond acceptors (Lipinski definition) is 2. The molecule has 1 unspecified atom stereocenters. The van der Waals surface area contributed by atoms with E-state index in [4.69, 9.17) is 4.74 Å². The first-order valence-electron chi connectivity index (χ1n) is 6.41. The lowest BCUT2D eigenvalue weighted by molar-refractivity contribution is 0.303. The molecule has 1 N–H and O–H groups in total. The SMILES string of the molecule is CC(C)NC1COc2ccc(C(C)(C)C)cc21. The largest absolute Gasteiger partial charge is 0.491 e. The zero-order valence-electron chi connectivity index (χ0n) is 11.5. The summed E-state index contributed by atoms with van der Waals surface area (Å²) in [5, 5.41) is 3.55. The zero-order chi connectivity index (χ0) is 12.6. The summed E-state index contributed by atoms with van der Waals surface area (Å²) in [6.07, 6.45) is 0. The van der Waals surface area contributed by atoms with Crippen molar-refractivity contribution < 1.29 is 4.74 Å². The predicted molar refractivity (Wildman–Crippen MR) is 71.6 cm³/mol. The number of nitrogens with one attached hydrogen (secondary N) is 1. The van der Waals surface area contributed by atoms with Gasteiger partial charge < -0.3 is 10.1 Å². The zero-order valence-corrected chi connectivity index (χ0v) is 11.5. The highest BCUT2D eigenvalue weighted by Crippen LogP contribution is 2.36. The molecule has 0 aliphatic carbocycles. The number of fused-ring (bicyclic) bond motifs is 1. The summed E-state index contributed by atoms with van der Waals surface area (Å²) < 4.78 is 5.72. The van der Waals surface area contributed by atoms with E-state index in [0.717, 1.165) is 12.4 Å². The van der Waals surface area contributed by atoms with E-state index >= 15 is 0 Å². The molecule has 0 fully saturated rings. The highest BCUT2D eigenvalue weighted by Gasteiger charge is 2.26. The maximum Gasteiger partial charge on any atom is 0.124 e. The lowest BCUT2D eigenvalue weighted by atomic mass is 9.85. The van der Waals surface area contributed by atoms with Gasteiger partial charge in [-0.05, 0) is 23.1 Å². The first kappa shape index (κ1) is 12.4. The lowest BCUT2D eigenvalue weighted by Crippen LogP contribution is -2.29. The summed E-state index contributed by atoms with van der Waals surface area (Å²) in [6, 6.07) is 7.40. The Balaban J connectivity index is 2.31. The van der Waals surface area contributed by atoms with Gasteiger partial charge in [0.25, 0.3) is 0 Å². The summed E-state index contributed by atoms with van der Waals surface area (Å²) >= 11 is 0. The molecule has 0 aromatic heterocycles.